The number of imide groups is 1. The number of hydrogen-bond acceptors (Lipinski definition) is 5. The molecule has 1 aliphatic heterocycles. The Kier molecular flexibility index (Phi) is 4.94. The normalized spacial score (nSPS) is 24.8. The van der Waals surface area contributed by atoms with E-state index in [4.69, 9.17) is 4.42 Å². The molecule has 7 nitrogen and oxygen atoms in total. The summed E-state index contributed by atoms with van der Waals surface area (Å²) in [6.07, 6.45) is 3.07. The third-order valence-electron chi connectivity index (χ3n) is 8.14. The minimum atomic E-state index is -1.03. The molecule has 2 bridgehead atoms. The lowest BCUT2D eigenvalue weighted by Gasteiger charge is -2.52. The summed E-state index contributed by atoms with van der Waals surface area (Å²) in [5, 5.41) is 4.38. The van der Waals surface area contributed by atoms with Gasteiger partial charge in [0.1, 0.15) is 0 Å². The average Bonchev–Trinajstić information content (AvgIpc) is 3.58. The number of amides is 3. The molecule has 0 saturated carbocycles. The van der Waals surface area contributed by atoms with Gasteiger partial charge in [0.2, 0.25) is 11.8 Å². The first-order valence-corrected chi connectivity index (χ1v) is 12.6. The Balaban J connectivity index is 1.39. The third-order valence-corrected chi connectivity index (χ3v) is 8.14. The number of nitrogens with zero attached hydrogens (tertiary/aromatic N) is 2. The van der Waals surface area contributed by atoms with E-state index in [1.807, 2.05) is 78.9 Å². The molecule has 1 aromatic heterocycles. The maximum Gasteiger partial charge on any atom is 0.307 e. The van der Waals surface area contributed by atoms with E-state index in [1.54, 1.807) is 18.3 Å². The second-order valence-electron chi connectivity index (χ2n) is 9.95. The largest absolute Gasteiger partial charge is 0.459 e. The van der Waals surface area contributed by atoms with Gasteiger partial charge in [-0.15, -0.1) is 0 Å². The van der Waals surface area contributed by atoms with Gasteiger partial charge in [-0.1, -0.05) is 78.9 Å². The van der Waals surface area contributed by atoms with Crippen molar-refractivity contribution in [2.75, 3.05) is 0 Å². The van der Waals surface area contributed by atoms with Crippen LogP contribution < -0.4 is 5.43 Å². The van der Waals surface area contributed by atoms with E-state index in [1.165, 1.54) is 11.2 Å². The molecule has 0 unspecified atom stereocenters. The first-order valence-electron chi connectivity index (χ1n) is 12.6. The van der Waals surface area contributed by atoms with Gasteiger partial charge in [0.05, 0.1) is 30.1 Å². The van der Waals surface area contributed by atoms with E-state index in [2.05, 4.69) is 10.5 Å². The van der Waals surface area contributed by atoms with Crippen LogP contribution in [0.15, 0.2) is 107 Å². The van der Waals surface area contributed by atoms with Crippen LogP contribution in [0.3, 0.4) is 0 Å². The maximum absolute atomic E-state index is 14.2. The van der Waals surface area contributed by atoms with Crippen molar-refractivity contribution in [2.45, 2.75) is 17.9 Å². The van der Waals surface area contributed by atoms with Crippen LogP contribution in [0.25, 0.3) is 0 Å². The van der Waals surface area contributed by atoms with Crippen LogP contribution in [0.5, 0.6) is 0 Å². The molecule has 3 aliphatic carbocycles. The van der Waals surface area contributed by atoms with E-state index in [-0.39, 0.29) is 30.0 Å². The standard InChI is InChI=1S/C31H23N3O4/c35-28(24-15-8-16-38-24)33-32-18-31-22-13-6-4-11-20(22)25(21-12-5-7-14-23(21)31)26-27(31)30(37)34(29(26)36)17-19-9-2-1-3-10-19/h1-16,18,25-27H,17H2,(H,33,35)/b32-18-/t25?,26-,27-,31?/m0/s1. The summed E-state index contributed by atoms with van der Waals surface area (Å²) in [7, 11) is 0. The lowest BCUT2D eigenvalue weighted by atomic mass is 9.47. The lowest BCUT2D eigenvalue weighted by Crippen LogP contribution is -2.54. The Morgan fingerprint density at radius 3 is 2.18 bits per heavy atom. The molecule has 2 heterocycles. The smallest absolute Gasteiger partial charge is 0.307 e. The van der Waals surface area contributed by atoms with Gasteiger partial charge in [0.15, 0.2) is 5.76 Å². The van der Waals surface area contributed by atoms with E-state index >= 15 is 0 Å². The molecule has 0 radical (unpaired) electrons. The molecule has 0 spiro atoms. The minimum Gasteiger partial charge on any atom is -0.459 e. The Morgan fingerprint density at radius 1 is 0.868 bits per heavy atom. The highest BCUT2D eigenvalue weighted by Crippen LogP contribution is 2.63. The third kappa shape index (κ3) is 3.02. The molecule has 3 amide bonds. The Bertz CT molecular complexity index is 1560. The highest BCUT2D eigenvalue weighted by molar-refractivity contribution is 6.11. The molecule has 3 aromatic carbocycles. The number of nitrogens with one attached hydrogen (secondary N) is 1. The Morgan fingerprint density at radius 2 is 1.53 bits per heavy atom. The summed E-state index contributed by atoms with van der Waals surface area (Å²) < 4.78 is 5.19. The summed E-state index contributed by atoms with van der Waals surface area (Å²) in [6, 6.07) is 28.6. The van der Waals surface area contributed by atoms with Crippen LogP contribution in [-0.2, 0) is 21.5 Å². The van der Waals surface area contributed by atoms with Crippen LogP contribution in [0, 0.1) is 11.8 Å². The molecule has 4 aromatic rings. The fourth-order valence-corrected chi connectivity index (χ4v) is 6.69. The predicted octanol–water partition coefficient (Wildman–Crippen LogP) is 4.24. The summed E-state index contributed by atoms with van der Waals surface area (Å²) in [4.78, 5) is 42.2. The predicted molar refractivity (Wildman–Crippen MR) is 139 cm³/mol. The first-order chi connectivity index (χ1) is 18.6. The summed E-state index contributed by atoms with van der Waals surface area (Å²) in [5.41, 5.74) is 6.31. The van der Waals surface area contributed by atoms with Gasteiger partial charge in [0.25, 0.3) is 0 Å². The van der Waals surface area contributed by atoms with Crippen molar-refractivity contribution in [1.29, 1.82) is 0 Å². The molecule has 8 rings (SSSR count). The molecule has 186 valence electrons. The zero-order chi connectivity index (χ0) is 25.9. The molecule has 7 heteroatoms. The van der Waals surface area contributed by atoms with Crippen molar-refractivity contribution < 1.29 is 18.8 Å². The van der Waals surface area contributed by atoms with Gasteiger partial charge < -0.3 is 4.42 Å². The molecular weight excluding hydrogens is 478 g/mol. The van der Waals surface area contributed by atoms with Crippen LogP contribution in [0.2, 0.25) is 0 Å². The lowest BCUT2D eigenvalue weighted by molar-refractivity contribution is -0.140. The highest BCUT2D eigenvalue weighted by Gasteiger charge is 2.67. The molecular formula is C31H23N3O4. The van der Waals surface area contributed by atoms with Crippen molar-refractivity contribution in [2.24, 2.45) is 16.9 Å². The van der Waals surface area contributed by atoms with E-state index < -0.39 is 23.2 Å². The zero-order valence-electron chi connectivity index (χ0n) is 20.3. The number of hydrazone groups is 1. The topological polar surface area (TPSA) is 92.0 Å². The van der Waals surface area contributed by atoms with Gasteiger partial charge in [-0.05, 0) is 39.9 Å². The fraction of sp³-hybridized carbons (Fsp3) is 0.161. The molecule has 1 N–H and O–H groups in total. The van der Waals surface area contributed by atoms with Gasteiger partial charge in [-0.25, -0.2) is 5.43 Å². The van der Waals surface area contributed by atoms with Gasteiger partial charge in [-0.2, -0.15) is 5.10 Å². The number of benzene rings is 3. The van der Waals surface area contributed by atoms with E-state index in [0.29, 0.717) is 0 Å². The molecule has 1 fully saturated rings. The number of furan rings is 1. The quantitative estimate of drug-likeness (QED) is 0.252. The maximum atomic E-state index is 14.2. The van der Waals surface area contributed by atoms with E-state index in [0.717, 1.165) is 27.8 Å². The zero-order valence-corrected chi connectivity index (χ0v) is 20.3. The Labute approximate surface area is 218 Å². The van der Waals surface area contributed by atoms with E-state index in [9.17, 15) is 14.4 Å². The van der Waals surface area contributed by atoms with Crippen molar-refractivity contribution >= 4 is 23.9 Å². The molecule has 38 heavy (non-hydrogen) atoms. The second-order valence-corrected chi connectivity index (χ2v) is 9.95. The van der Waals surface area contributed by atoms with Gasteiger partial charge >= 0.3 is 5.91 Å². The molecule has 2 atom stereocenters. The number of rotatable bonds is 5. The first kappa shape index (κ1) is 22.4. The van der Waals surface area contributed by atoms with Crippen LogP contribution in [-0.4, -0.2) is 28.8 Å². The summed E-state index contributed by atoms with van der Waals surface area (Å²) in [5.74, 6) is -2.24. The number of likely N-dealkylation sites (tertiary alicyclic amines) is 1. The van der Waals surface area contributed by atoms with Gasteiger partial charge in [-0.3, -0.25) is 19.3 Å². The highest BCUT2D eigenvalue weighted by atomic mass is 16.3. The van der Waals surface area contributed by atoms with Gasteiger partial charge in [0, 0.05) is 12.1 Å². The van der Waals surface area contributed by atoms with Crippen molar-refractivity contribution in [3.63, 3.8) is 0 Å². The van der Waals surface area contributed by atoms with Crippen LogP contribution in [0.4, 0.5) is 0 Å². The van der Waals surface area contributed by atoms with Crippen molar-refractivity contribution in [3.8, 4) is 0 Å². The number of hydrogen-bond donors (Lipinski definition) is 1. The van der Waals surface area contributed by atoms with Crippen LogP contribution in [0.1, 0.15) is 44.3 Å². The fourth-order valence-electron chi connectivity index (χ4n) is 6.69. The molecule has 1 saturated heterocycles. The van der Waals surface area contributed by atoms with Crippen molar-refractivity contribution in [3.05, 3.63) is 131 Å². The average molecular weight is 502 g/mol. The summed E-state index contributed by atoms with van der Waals surface area (Å²) in [6.45, 7) is 0.216. The summed E-state index contributed by atoms with van der Waals surface area (Å²) >= 11 is 0. The Hall–Kier alpha value is -4.78. The SMILES string of the molecule is O=C(N/N=C\C12c3ccccc3C(c3ccccc31)[C@@H]1C(=O)N(Cc3ccccc3)C(=O)[C@H]12)c1ccco1. The molecule has 4 aliphatic rings. The minimum absolute atomic E-state index is 0.131. The monoisotopic (exact) mass is 501 g/mol. The number of carbonyl (C=O) groups is 3. The van der Waals surface area contributed by atoms with Crippen molar-refractivity contribution in [1.82, 2.24) is 10.3 Å². The second kappa shape index (κ2) is 8.38. The van der Waals surface area contributed by atoms with Crippen LogP contribution >= 0.6 is 0 Å². The number of carbonyl (C=O) groups excluding carboxylic acids is 3.